The molecule has 2 aromatic rings. The molecule has 1 aromatic heterocycles. The minimum Gasteiger partial charge on any atom is -0.373 e. The van der Waals surface area contributed by atoms with Gasteiger partial charge < -0.3 is 10.0 Å². The van der Waals surface area contributed by atoms with Gasteiger partial charge in [0, 0.05) is 30.8 Å². The van der Waals surface area contributed by atoms with Crippen molar-refractivity contribution in [3.05, 3.63) is 47.3 Å². The summed E-state index contributed by atoms with van der Waals surface area (Å²) in [6.07, 6.45) is -4.45. The number of amides is 1. The summed E-state index contributed by atoms with van der Waals surface area (Å²) < 4.78 is 67.5. The van der Waals surface area contributed by atoms with Crippen LogP contribution in [0.2, 0.25) is 0 Å². The standard InChI is InChI=1S/C19H20F5N3O2/c1-11-9-16(27(25-11)15-4-3-13(20)10-14(15)21)12-5-7-26(8-6-12)17(28)18(2,29)19(22,23)24/h3-4,9-10,12,29H,5-8H2,1-2H3. The lowest BCUT2D eigenvalue weighted by Crippen LogP contribution is -2.57. The average molecular weight is 417 g/mol. The summed E-state index contributed by atoms with van der Waals surface area (Å²) >= 11 is 0. The second-order valence-electron chi connectivity index (χ2n) is 7.35. The van der Waals surface area contributed by atoms with Crippen LogP contribution in [0.25, 0.3) is 5.69 Å². The Morgan fingerprint density at radius 1 is 1.17 bits per heavy atom. The number of aromatic nitrogens is 2. The largest absolute Gasteiger partial charge is 0.426 e. The first-order valence-electron chi connectivity index (χ1n) is 9.02. The van der Waals surface area contributed by atoms with E-state index >= 15 is 0 Å². The number of carbonyl (C=O) groups excluding carboxylic acids is 1. The van der Waals surface area contributed by atoms with E-state index in [4.69, 9.17) is 0 Å². The molecule has 158 valence electrons. The maximum Gasteiger partial charge on any atom is 0.426 e. The summed E-state index contributed by atoms with van der Waals surface area (Å²) in [4.78, 5) is 13.1. The Bertz CT molecular complexity index is 915. The molecule has 1 atom stereocenters. The highest BCUT2D eigenvalue weighted by molar-refractivity contribution is 5.85. The van der Waals surface area contributed by atoms with Crippen LogP contribution in [0.4, 0.5) is 22.0 Å². The quantitative estimate of drug-likeness (QED) is 0.778. The van der Waals surface area contributed by atoms with E-state index < -0.39 is 29.3 Å². The zero-order valence-electron chi connectivity index (χ0n) is 15.8. The van der Waals surface area contributed by atoms with Crippen molar-refractivity contribution in [2.45, 2.75) is 44.4 Å². The molecule has 1 aliphatic heterocycles. The summed E-state index contributed by atoms with van der Waals surface area (Å²) in [5.41, 5.74) is -2.16. The van der Waals surface area contributed by atoms with Gasteiger partial charge in [-0.05, 0) is 44.9 Å². The predicted molar refractivity (Wildman–Crippen MR) is 93.5 cm³/mol. The van der Waals surface area contributed by atoms with Gasteiger partial charge in [0.05, 0.1) is 5.69 Å². The van der Waals surface area contributed by atoms with E-state index in [9.17, 15) is 31.9 Å². The van der Waals surface area contributed by atoms with Crippen LogP contribution < -0.4 is 0 Å². The molecule has 2 heterocycles. The maximum atomic E-state index is 14.2. The van der Waals surface area contributed by atoms with E-state index in [2.05, 4.69) is 5.10 Å². The van der Waals surface area contributed by atoms with Gasteiger partial charge >= 0.3 is 6.18 Å². The highest BCUT2D eigenvalue weighted by Gasteiger charge is 2.57. The third-order valence-corrected chi connectivity index (χ3v) is 5.17. The van der Waals surface area contributed by atoms with Crippen molar-refractivity contribution in [2.75, 3.05) is 13.1 Å². The zero-order valence-corrected chi connectivity index (χ0v) is 15.8. The lowest BCUT2D eigenvalue weighted by Gasteiger charge is -2.36. The van der Waals surface area contributed by atoms with E-state index in [0.717, 1.165) is 17.0 Å². The summed E-state index contributed by atoms with van der Waals surface area (Å²) in [7, 11) is 0. The van der Waals surface area contributed by atoms with Crippen molar-refractivity contribution < 1.29 is 31.9 Å². The molecule has 1 aliphatic rings. The van der Waals surface area contributed by atoms with Gasteiger partial charge in [-0.15, -0.1) is 0 Å². The van der Waals surface area contributed by atoms with E-state index in [1.54, 1.807) is 13.0 Å². The van der Waals surface area contributed by atoms with Gasteiger partial charge in [-0.2, -0.15) is 18.3 Å². The Morgan fingerprint density at radius 2 is 1.79 bits per heavy atom. The lowest BCUT2D eigenvalue weighted by molar-refractivity contribution is -0.250. The SMILES string of the molecule is Cc1cc(C2CCN(C(=O)C(C)(O)C(F)(F)F)CC2)n(-c2ccc(F)cc2F)n1. The highest BCUT2D eigenvalue weighted by Crippen LogP contribution is 2.35. The average Bonchev–Trinajstić information content (AvgIpc) is 3.01. The first-order chi connectivity index (χ1) is 13.4. The molecule has 1 aromatic carbocycles. The number of carbonyl (C=O) groups is 1. The molecule has 0 spiro atoms. The summed E-state index contributed by atoms with van der Waals surface area (Å²) in [6, 6.07) is 4.85. The van der Waals surface area contributed by atoms with Gasteiger partial charge in [-0.3, -0.25) is 4.79 Å². The molecule has 29 heavy (non-hydrogen) atoms. The molecule has 1 amide bonds. The Labute approximate surface area is 163 Å². The summed E-state index contributed by atoms with van der Waals surface area (Å²) in [5.74, 6) is -3.10. The Kier molecular flexibility index (Phi) is 5.42. The number of aliphatic hydroxyl groups is 1. The number of likely N-dealkylation sites (tertiary alicyclic amines) is 1. The number of benzene rings is 1. The predicted octanol–water partition coefficient (Wildman–Crippen LogP) is 3.48. The van der Waals surface area contributed by atoms with Gasteiger partial charge in [0.15, 0.2) is 5.82 Å². The minimum absolute atomic E-state index is 0.00581. The fourth-order valence-electron chi connectivity index (χ4n) is 3.46. The molecule has 0 aliphatic carbocycles. The Hall–Kier alpha value is -2.49. The zero-order chi connectivity index (χ0) is 21.6. The molecule has 5 nitrogen and oxygen atoms in total. The summed E-state index contributed by atoms with van der Waals surface area (Å²) in [5, 5.41) is 13.9. The molecule has 1 saturated heterocycles. The number of piperidine rings is 1. The van der Waals surface area contributed by atoms with Crippen molar-refractivity contribution in [1.29, 1.82) is 0 Å². The van der Waals surface area contributed by atoms with Crippen LogP contribution in [0.15, 0.2) is 24.3 Å². The van der Waals surface area contributed by atoms with Gasteiger partial charge in [-0.25, -0.2) is 13.5 Å². The fraction of sp³-hybridized carbons (Fsp3) is 0.474. The van der Waals surface area contributed by atoms with Crippen molar-refractivity contribution in [3.8, 4) is 5.69 Å². The van der Waals surface area contributed by atoms with Gasteiger partial charge in [0.2, 0.25) is 5.60 Å². The normalized spacial score (nSPS) is 18.0. The van der Waals surface area contributed by atoms with Crippen LogP contribution in [-0.4, -0.2) is 50.6 Å². The van der Waals surface area contributed by atoms with Crippen LogP contribution in [0.3, 0.4) is 0 Å². The maximum absolute atomic E-state index is 14.2. The van der Waals surface area contributed by atoms with Gasteiger partial charge in [0.1, 0.15) is 11.5 Å². The minimum atomic E-state index is -5.07. The molecule has 1 unspecified atom stereocenters. The van der Waals surface area contributed by atoms with Crippen LogP contribution in [-0.2, 0) is 4.79 Å². The van der Waals surface area contributed by atoms with Gasteiger partial charge in [0.25, 0.3) is 5.91 Å². The number of alkyl halides is 3. The molecule has 0 saturated carbocycles. The van der Waals surface area contributed by atoms with Crippen molar-refractivity contribution >= 4 is 5.91 Å². The molecule has 10 heteroatoms. The van der Waals surface area contributed by atoms with Crippen LogP contribution in [0.1, 0.15) is 37.1 Å². The Balaban J connectivity index is 1.80. The smallest absolute Gasteiger partial charge is 0.373 e. The van der Waals surface area contributed by atoms with Crippen molar-refractivity contribution in [1.82, 2.24) is 14.7 Å². The first kappa shape index (κ1) is 21.2. The molecular formula is C19H20F5N3O2. The number of halogens is 5. The molecule has 1 N–H and O–H groups in total. The molecule has 0 bridgehead atoms. The number of hydrogen-bond acceptors (Lipinski definition) is 3. The number of nitrogens with zero attached hydrogens (tertiary/aromatic N) is 3. The van der Waals surface area contributed by atoms with E-state index in [0.29, 0.717) is 31.2 Å². The van der Waals surface area contributed by atoms with Crippen LogP contribution >= 0.6 is 0 Å². The van der Waals surface area contributed by atoms with Gasteiger partial charge in [-0.1, -0.05) is 0 Å². The number of rotatable bonds is 3. The summed E-state index contributed by atoms with van der Waals surface area (Å²) in [6.45, 7) is 2.16. The van der Waals surface area contributed by atoms with Crippen LogP contribution in [0, 0.1) is 18.6 Å². The van der Waals surface area contributed by atoms with Crippen molar-refractivity contribution in [2.24, 2.45) is 0 Å². The Morgan fingerprint density at radius 3 is 2.34 bits per heavy atom. The third-order valence-electron chi connectivity index (χ3n) is 5.17. The molecule has 1 fully saturated rings. The molecule has 0 radical (unpaired) electrons. The van der Waals surface area contributed by atoms with E-state index in [1.807, 2.05) is 0 Å². The first-order valence-corrected chi connectivity index (χ1v) is 9.02. The monoisotopic (exact) mass is 417 g/mol. The lowest BCUT2D eigenvalue weighted by atomic mass is 9.91. The molecular weight excluding hydrogens is 397 g/mol. The third kappa shape index (κ3) is 3.98. The highest BCUT2D eigenvalue weighted by atomic mass is 19.4. The van der Waals surface area contributed by atoms with Crippen molar-refractivity contribution in [3.63, 3.8) is 0 Å². The van der Waals surface area contributed by atoms with E-state index in [-0.39, 0.29) is 24.7 Å². The van der Waals surface area contributed by atoms with E-state index in [1.165, 1.54) is 10.7 Å². The van der Waals surface area contributed by atoms with Crippen LogP contribution in [0.5, 0.6) is 0 Å². The molecule has 3 rings (SSSR count). The number of aryl methyl sites for hydroxylation is 1. The topological polar surface area (TPSA) is 58.4 Å². The fourth-order valence-corrected chi connectivity index (χ4v) is 3.46. The second-order valence-corrected chi connectivity index (χ2v) is 7.35. The second kappa shape index (κ2) is 7.40. The number of hydrogen-bond donors (Lipinski definition) is 1.